The molecule has 0 aromatic heterocycles. The van der Waals surface area contributed by atoms with Crippen molar-refractivity contribution in [3.63, 3.8) is 0 Å². The molecule has 0 bridgehead atoms. The zero-order valence-corrected chi connectivity index (χ0v) is 15.2. The number of sulfonamides is 1. The van der Waals surface area contributed by atoms with Crippen LogP contribution in [0.1, 0.15) is 50.7 Å². The predicted molar refractivity (Wildman–Crippen MR) is 91.0 cm³/mol. The summed E-state index contributed by atoms with van der Waals surface area (Å²) < 4.78 is 33.2. The van der Waals surface area contributed by atoms with Crippen molar-refractivity contribution in [3.05, 3.63) is 23.3 Å². The Morgan fingerprint density at radius 2 is 1.77 bits per heavy atom. The van der Waals surface area contributed by atoms with Gasteiger partial charge in [0.15, 0.2) is 0 Å². The number of hydrogen-bond acceptors (Lipinski definition) is 3. The first-order valence-electron chi connectivity index (χ1n) is 8.00. The Morgan fingerprint density at radius 1 is 1.18 bits per heavy atom. The van der Waals surface area contributed by atoms with Crippen LogP contribution >= 0.6 is 0 Å². The second kappa shape index (κ2) is 8.53. The fourth-order valence-corrected chi connectivity index (χ4v) is 4.26. The fraction of sp³-hybridized carbons (Fsp3) is 0.647. The van der Waals surface area contributed by atoms with Crippen LogP contribution in [0.15, 0.2) is 17.0 Å². The molecule has 1 atom stereocenters. The maximum atomic E-state index is 12.6. The van der Waals surface area contributed by atoms with E-state index in [0.717, 1.165) is 25.7 Å². The lowest BCUT2D eigenvalue weighted by Crippen LogP contribution is -2.30. The van der Waals surface area contributed by atoms with Crippen LogP contribution in [-0.4, -0.2) is 22.1 Å². The quantitative estimate of drug-likeness (QED) is 0.750. The van der Waals surface area contributed by atoms with E-state index in [0.29, 0.717) is 34.2 Å². The summed E-state index contributed by atoms with van der Waals surface area (Å²) in [4.78, 5) is 0.374. The number of nitrogens with one attached hydrogen (secondary N) is 1. The molecule has 1 rings (SSSR count). The molecule has 1 aromatic rings. The summed E-state index contributed by atoms with van der Waals surface area (Å²) in [6, 6.07) is 3.52. The van der Waals surface area contributed by atoms with E-state index in [2.05, 4.69) is 18.6 Å². The first-order chi connectivity index (χ1) is 10.4. The van der Waals surface area contributed by atoms with Crippen molar-refractivity contribution in [2.75, 3.05) is 13.7 Å². The lowest BCUT2D eigenvalue weighted by atomic mass is 10.00. The zero-order valence-electron chi connectivity index (χ0n) is 14.4. The molecule has 1 N–H and O–H groups in total. The van der Waals surface area contributed by atoms with E-state index < -0.39 is 10.0 Å². The van der Waals surface area contributed by atoms with Crippen LogP contribution in [0, 0.1) is 19.8 Å². The summed E-state index contributed by atoms with van der Waals surface area (Å²) in [5.74, 6) is 1.08. The third-order valence-electron chi connectivity index (χ3n) is 4.04. The first kappa shape index (κ1) is 19.0. The van der Waals surface area contributed by atoms with E-state index in [4.69, 9.17) is 4.74 Å². The van der Waals surface area contributed by atoms with Crippen LogP contribution < -0.4 is 9.46 Å². The summed E-state index contributed by atoms with van der Waals surface area (Å²) >= 11 is 0. The van der Waals surface area contributed by atoms with E-state index >= 15 is 0 Å². The third kappa shape index (κ3) is 4.99. The lowest BCUT2D eigenvalue weighted by molar-refractivity contribution is 0.413. The van der Waals surface area contributed by atoms with Gasteiger partial charge in [0.1, 0.15) is 5.75 Å². The molecule has 0 heterocycles. The van der Waals surface area contributed by atoms with Gasteiger partial charge in [-0.3, -0.25) is 0 Å². The maximum Gasteiger partial charge on any atom is 0.241 e. The highest BCUT2D eigenvalue weighted by Crippen LogP contribution is 2.25. The number of unbranched alkanes of at least 4 members (excludes halogenated alkanes) is 1. The minimum absolute atomic E-state index is 0.374. The Bertz CT molecular complexity index is 559. The molecule has 5 heteroatoms. The van der Waals surface area contributed by atoms with Gasteiger partial charge in [0.05, 0.1) is 12.0 Å². The predicted octanol–water partition coefficient (Wildman–Crippen LogP) is 3.81. The molecule has 0 spiro atoms. The number of hydrogen-bond donors (Lipinski definition) is 1. The molecule has 0 radical (unpaired) electrons. The Kier molecular flexibility index (Phi) is 7.36. The molecule has 22 heavy (non-hydrogen) atoms. The van der Waals surface area contributed by atoms with Gasteiger partial charge in [0.25, 0.3) is 0 Å². The van der Waals surface area contributed by atoms with E-state index in [9.17, 15) is 8.42 Å². The van der Waals surface area contributed by atoms with Crippen LogP contribution in [0.2, 0.25) is 0 Å². The van der Waals surface area contributed by atoms with Gasteiger partial charge in [0, 0.05) is 6.54 Å². The summed E-state index contributed by atoms with van der Waals surface area (Å²) in [6.45, 7) is 8.38. The monoisotopic (exact) mass is 327 g/mol. The number of rotatable bonds is 9. The molecule has 0 saturated heterocycles. The summed E-state index contributed by atoms with van der Waals surface area (Å²) in [7, 11) is -1.90. The molecule has 126 valence electrons. The minimum atomic E-state index is -3.48. The Morgan fingerprint density at radius 3 is 2.23 bits per heavy atom. The standard InChI is InChI=1S/C17H29NO3S/c1-6-8-9-15(7-2)12-18-22(19,20)17-13(3)10-16(21-5)11-14(17)4/h10-11,15,18H,6-9,12H2,1-5H3/t15-/m0/s1. The van der Waals surface area contributed by atoms with Crippen LogP contribution in [0.25, 0.3) is 0 Å². The summed E-state index contributed by atoms with van der Waals surface area (Å²) in [5.41, 5.74) is 1.43. The minimum Gasteiger partial charge on any atom is -0.497 e. The van der Waals surface area contributed by atoms with Crippen molar-refractivity contribution in [1.82, 2.24) is 4.72 Å². The van der Waals surface area contributed by atoms with Gasteiger partial charge in [-0.25, -0.2) is 13.1 Å². The van der Waals surface area contributed by atoms with Crippen molar-refractivity contribution in [1.29, 1.82) is 0 Å². The molecule has 0 saturated carbocycles. The average molecular weight is 327 g/mol. The number of ether oxygens (including phenoxy) is 1. The van der Waals surface area contributed by atoms with Crippen LogP contribution in [0.5, 0.6) is 5.75 Å². The molecule has 0 unspecified atom stereocenters. The van der Waals surface area contributed by atoms with Gasteiger partial charge in [0.2, 0.25) is 10.0 Å². The third-order valence-corrected chi connectivity index (χ3v) is 5.77. The fourth-order valence-electron chi connectivity index (χ4n) is 2.70. The van der Waals surface area contributed by atoms with Gasteiger partial charge in [-0.15, -0.1) is 0 Å². The zero-order chi connectivity index (χ0) is 16.8. The topological polar surface area (TPSA) is 55.4 Å². The second-order valence-corrected chi connectivity index (χ2v) is 7.56. The van der Waals surface area contributed by atoms with Crippen LogP contribution in [0.4, 0.5) is 0 Å². The van der Waals surface area contributed by atoms with Gasteiger partial charge in [-0.05, 0) is 49.4 Å². The van der Waals surface area contributed by atoms with Crippen molar-refractivity contribution in [3.8, 4) is 5.75 Å². The highest BCUT2D eigenvalue weighted by Gasteiger charge is 2.21. The molecular formula is C17H29NO3S. The van der Waals surface area contributed by atoms with Crippen molar-refractivity contribution < 1.29 is 13.2 Å². The van der Waals surface area contributed by atoms with Gasteiger partial charge >= 0.3 is 0 Å². The normalized spacial score (nSPS) is 13.1. The maximum absolute atomic E-state index is 12.6. The highest BCUT2D eigenvalue weighted by atomic mass is 32.2. The molecule has 4 nitrogen and oxygen atoms in total. The SMILES string of the molecule is CCCC[C@H](CC)CNS(=O)(=O)c1c(C)cc(OC)cc1C. The van der Waals surface area contributed by atoms with Crippen molar-refractivity contribution >= 4 is 10.0 Å². The van der Waals surface area contributed by atoms with Crippen LogP contribution in [-0.2, 0) is 10.0 Å². The van der Waals surface area contributed by atoms with Crippen molar-refractivity contribution in [2.24, 2.45) is 5.92 Å². The first-order valence-corrected chi connectivity index (χ1v) is 9.48. The van der Waals surface area contributed by atoms with E-state index in [1.807, 2.05) is 0 Å². The molecule has 1 aromatic carbocycles. The Labute approximate surface area is 135 Å². The average Bonchev–Trinajstić information content (AvgIpc) is 2.46. The van der Waals surface area contributed by atoms with Gasteiger partial charge in [-0.1, -0.05) is 33.1 Å². The smallest absolute Gasteiger partial charge is 0.241 e. The summed E-state index contributed by atoms with van der Waals surface area (Å²) in [5, 5.41) is 0. The number of benzene rings is 1. The number of aryl methyl sites for hydroxylation is 2. The van der Waals surface area contributed by atoms with E-state index in [1.165, 1.54) is 0 Å². The molecule has 0 amide bonds. The van der Waals surface area contributed by atoms with Gasteiger partial charge < -0.3 is 4.74 Å². The van der Waals surface area contributed by atoms with Crippen molar-refractivity contribution in [2.45, 2.75) is 58.3 Å². The molecule has 0 fully saturated rings. The van der Waals surface area contributed by atoms with Gasteiger partial charge in [-0.2, -0.15) is 0 Å². The largest absolute Gasteiger partial charge is 0.497 e. The Balaban J connectivity index is 2.91. The van der Waals surface area contributed by atoms with E-state index in [-0.39, 0.29) is 0 Å². The lowest BCUT2D eigenvalue weighted by Gasteiger charge is -2.17. The van der Waals surface area contributed by atoms with Crippen LogP contribution in [0.3, 0.4) is 0 Å². The molecule has 0 aliphatic carbocycles. The molecule has 0 aliphatic heterocycles. The Hall–Kier alpha value is -1.07. The molecular weight excluding hydrogens is 298 g/mol. The number of methoxy groups -OCH3 is 1. The second-order valence-electron chi connectivity index (χ2n) is 5.86. The van der Waals surface area contributed by atoms with E-state index in [1.54, 1.807) is 33.1 Å². The highest BCUT2D eigenvalue weighted by molar-refractivity contribution is 7.89. The summed E-state index contributed by atoms with van der Waals surface area (Å²) in [6.07, 6.45) is 4.33. The molecule has 0 aliphatic rings.